The summed E-state index contributed by atoms with van der Waals surface area (Å²) < 4.78 is 4.52. The summed E-state index contributed by atoms with van der Waals surface area (Å²) in [6.45, 7) is 1.84. The van der Waals surface area contributed by atoms with Gasteiger partial charge in [-0.1, -0.05) is 0 Å². The number of carbonyl (C=O) groups excluding carboxylic acids is 1. The number of unbranched alkanes of at least 4 members (excludes halogenated alkanes) is 2. The van der Waals surface area contributed by atoms with E-state index in [9.17, 15) is 4.79 Å². The molecule has 0 atom stereocenters. The molecule has 0 radical (unpaired) electrons. The first-order chi connectivity index (χ1) is 6.81. The lowest BCUT2D eigenvalue weighted by Gasteiger charge is -2.02. The number of methoxy groups -OCH3 is 1. The Morgan fingerprint density at radius 2 is 2.07 bits per heavy atom. The molecule has 0 aliphatic carbocycles. The van der Waals surface area contributed by atoms with Crippen LogP contribution in [-0.4, -0.2) is 26.2 Å². The maximum Gasteiger partial charge on any atom is 0.305 e. The second kappa shape index (κ2) is 10.1. The molecule has 14 heavy (non-hydrogen) atoms. The molecule has 0 unspecified atom stereocenters. The first-order valence-electron chi connectivity index (χ1n) is 5.02. The van der Waals surface area contributed by atoms with E-state index < -0.39 is 0 Å². The second-order valence-corrected chi connectivity index (χ2v) is 3.09. The third kappa shape index (κ3) is 9.08. The summed E-state index contributed by atoms with van der Waals surface area (Å²) in [5.74, 6) is 2.46. The van der Waals surface area contributed by atoms with Crippen LogP contribution in [0.1, 0.15) is 32.1 Å². The number of nitrogens with one attached hydrogen (secondary N) is 1. The molecule has 80 valence electrons. The zero-order valence-corrected chi connectivity index (χ0v) is 8.84. The summed E-state index contributed by atoms with van der Waals surface area (Å²) in [5.41, 5.74) is 0. The second-order valence-electron chi connectivity index (χ2n) is 3.09. The van der Waals surface area contributed by atoms with Crippen LogP contribution in [0.4, 0.5) is 0 Å². The maximum absolute atomic E-state index is 10.7. The van der Waals surface area contributed by atoms with Crippen LogP contribution in [-0.2, 0) is 9.53 Å². The van der Waals surface area contributed by atoms with Crippen LogP contribution < -0.4 is 5.32 Å². The molecule has 0 aromatic carbocycles. The van der Waals surface area contributed by atoms with Crippen molar-refractivity contribution in [3.63, 3.8) is 0 Å². The van der Waals surface area contributed by atoms with Crippen molar-refractivity contribution in [3.05, 3.63) is 0 Å². The zero-order valence-electron chi connectivity index (χ0n) is 8.84. The topological polar surface area (TPSA) is 38.3 Å². The molecule has 0 saturated heterocycles. The standard InChI is InChI=1S/C11H19NO2/c1-3-4-5-6-9-12-10-7-8-11(13)14-2/h1,12H,4-10H2,2H3. The van der Waals surface area contributed by atoms with Gasteiger partial charge in [-0.25, -0.2) is 0 Å². The Labute approximate surface area is 86.2 Å². The van der Waals surface area contributed by atoms with Crippen molar-refractivity contribution in [1.82, 2.24) is 5.32 Å². The van der Waals surface area contributed by atoms with Gasteiger partial charge in [0, 0.05) is 12.8 Å². The van der Waals surface area contributed by atoms with Gasteiger partial charge >= 0.3 is 5.97 Å². The highest BCUT2D eigenvalue weighted by atomic mass is 16.5. The summed E-state index contributed by atoms with van der Waals surface area (Å²) in [6.07, 6.45) is 9.47. The van der Waals surface area contributed by atoms with E-state index in [4.69, 9.17) is 6.42 Å². The third-order valence-electron chi connectivity index (χ3n) is 1.89. The van der Waals surface area contributed by atoms with Crippen LogP contribution in [0.5, 0.6) is 0 Å². The Balaban J connectivity index is 3.00. The SMILES string of the molecule is C#CCCCCNCCCC(=O)OC. The monoisotopic (exact) mass is 197 g/mol. The number of hydrogen-bond acceptors (Lipinski definition) is 3. The molecule has 0 aromatic rings. The highest BCUT2D eigenvalue weighted by Gasteiger charge is 1.97. The number of rotatable bonds is 8. The van der Waals surface area contributed by atoms with E-state index in [0.717, 1.165) is 38.8 Å². The quantitative estimate of drug-likeness (QED) is 0.362. The number of terminal acetylenes is 1. The number of esters is 1. The smallest absolute Gasteiger partial charge is 0.305 e. The molecule has 0 aliphatic heterocycles. The predicted octanol–water partition coefficient (Wildman–Crippen LogP) is 1.33. The van der Waals surface area contributed by atoms with Crippen LogP contribution in [0.15, 0.2) is 0 Å². The summed E-state index contributed by atoms with van der Waals surface area (Å²) in [6, 6.07) is 0. The maximum atomic E-state index is 10.7. The largest absolute Gasteiger partial charge is 0.469 e. The molecule has 0 fully saturated rings. The Kier molecular flexibility index (Phi) is 9.35. The van der Waals surface area contributed by atoms with Crippen molar-refractivity contribution >= 4 is 5.97 Å². The van der Waals surface area contributed by atoms with Crippen molar-refractivity contribution in [2.45, 2.75) is 32.1 Å². The predicted molar refractivity (Wildman–Crippen MR) is 56.8 cm³/mol. The fourth-order valence-corrected chi connectivity index (χ4v) is 1.06. The van der Waals surface area contributed by atoms with Crippen LogP contribution in [0.3, 0.4) is 0 Å². The van der Waals surface area contributed by atoms with Gasteiger partial charge in [-0.15, -0.1) is 12.3 Å². The summed E-state index contributed by atoms with van der Waals surface area (Å²) >= 11 is 0. The summed E-state index contributed by atoms with van der Waals surface area (Å²) in [4.78, 5) is 10.7. The highest BCUT2D eigenvalue weighted by Crippen LogP contribution is 1.93. The van der Waals surface area contributed by atoms with Crippen LogP contribution in [0.25, 0.3) is 0 Å². The van der Waals surface area contributed by atoms with Crippen molar-refractivity contribution in [2.24, 2.45) is 0 Å². The Morgan fingerprint density at radius 3 is 2.71 bits per heavy atom. The van der Waals surface area contributed by atoms with E-state index in [1.165, 1.54) is 7.11 Å². The fourth-order valence-electron chi connectivity index (χ4n) is 1.06. The highest BCUT2D eigenvalue weighted by molar-refractivity contribution is 5.68. The lowest BCUT2D eigenvalue weighted by atomic mass is 10.2. The minimum atomic E-state index is -0.140. The molecule has 0 saturated carbocycles. The van der Waals surface area contributed by atoms with Gasteiger partial charge in [0.25, 0.3) is 0 Å². The average Bonchev–Trinajstić information content (AvgIpc) is 2.21. The van der Waals surface area contributed by atoms with Gasteiger partial charge in [0.2, 0.25) is 0 Å². The molecule has 0 aliphatic rings. The molecule has 3 nitrogen and oxygen atoms in total. The van der Waals surface area contributed by atoms with Gasteiger partial charge in [0.1, 0.15) is 0 Å². The molecule has 0 heterocycles. The lowest BCUT2D eigenvalue weighted by molar-refractivity contribution is -0.140. The van der Waals surface area contributed by atoms with Gasteiger partial charge in [0.15, 0.2) is 0 Å². The molecule has 0 amide bonds. The number of hydrogen-bond donors (Lipinski definition) is 1. The van der Waals surface area contributed by atoms with E-state index in [1.54, 1.807) is 0 Å². The normalized spacial score (nSPS) is 9.43. The molecule has 3 heteroatoms. The van der Waals surface area contributed by atoms with E-state index in [1.807, 2.05) is 0 Å². The summed E-state index contributed by atoms with van der Waals surface area (Å²) in [5, 5.41) is 3.25. The van der Waals surface area contributed by atoms with E-state index in [-0.39, 0.29) is 5.97 Å². The molecular weight excluding hydrogens is 178 g/mol. The Morgan fingerprint density at radius 1 is 1.36 bits per heavy atom. The van der Waals surface area contributed by atoms with Gasteiger partial charge in [-0.3, -0.25) is 4.79 Å². The first kappa shape index (κ1) is 13.0. The van der Waals surface area contributed by atoms with Gasteiger partial charge < -0.3 is 10.1 Å². The Bertz CT molecular complexity index is 184. The molecule has 0 aromatic heterocycles. The zero-order chi connectivity index (χ0) is 10.6. The van der Waals surface area contributed by atoms with Crippen LogP contribution >= 0.6 is 0 Å². The summed E-state index contributed by atoms with van der Waals surface area (Å²) in [7, 11) is 1.41. The molecular formula is C11H19NO2. The van der Waals surface area contributed by atoms with Gasteiger partial charge in [0.05, 0.1) is 7.11 Å². The minimum absolute atomic E-state index is 0.140. The van der Waals surface area contributed by atoms with E-state index in [2.05, 4.69) is 16.0 Å². The van der Waals surface area contributed by atoms with E-state index in [0.29, 0.717) is 6.42 Å². The van der Waals surface area contributed by atoms with Crippen molar-refractivity contribution < 1.29 is 9.53 Å². The fraction of sp³-hybridized carbons (Fsp3) is 0.727. The minimum Gasteiger partial charge on any atom is -0.469 e. The van der Waals surface area contributed by atoms with Gasteiger partial charge in [-0.2, -0.15) is 0 Å². The molecule has 0 rings (SSSR count). The Hall–Kier alpha value is -1.01. The third-order valence-corrected chi connectivity index (χ3v) is 1.89. The number of carbonyl (C=O) groups is 1. The van der Waals surface area contributed by atoms with Crippen molar-refractivity contribution in [2.75, 3.05) is 20.2 Å². The molecule has 0 bridgehead atoms. The van der Waals surface area contributed by atoms with Crippen LogP contribution in [0, 0.1) is 12.3 Å². The number of ether oxygens (including phenoxy) is 1. The van der Waals surface area contributed by atoms with Crippen molar-refractivity contribution in [1.29, 1.82) is 0 Å². The average molecular weight is 197 g/mol. The van der Waals surface area contributed by atoms with E-state index >= 15 is 0 Å². The van der Waals surface area contributed by atoms with Crippen LogP contribution in [0.2, 0.25) is 0 Å². The van der Waals surface area contributed by atoms with Crippen molar-refractivity contribution in [3.8, 4) is 12.3 Å². The van der Waals surface area contributed by atoms with Gasteiger partial charge in [-0.05, 0) is 32.4 Å². The molecule has 0 spiro atoms. The molecule has 1 N–H and O–H groups in total. The first-order valence-corrected chi connectivity index (χ1v) is 5.02. The lowest BCUT2D eigenvalue weighted by Crippen LogP contribution is -2.17.